The van der Waals surface area contributed by atoms with Crippen LogP contribution in [-0.4, -0.2) is 28.1 Å². The second kappa shape index (κ2) is 10.4. The second-order valence-electron chi connectivity index (χ2n) is 7.34. The smallest absolute Gasteiger partial charge is 0.244 e. The van der Waals surface area contributed by atoms with Gasteiger partial charge < -0.3 is 19.9 Å². The summed E-state index contributed by atoms with van der Waals surface area (Å²) in [5, 5.41) is 12.1. The van der Waals surface area contributed by atoms with Crippen molar-refractivity contribution < 1.29 is 19.4 Å². The van der Waals surface area contributed by atoms with Gasteiger partial charge in [-0.25, -0.2) is 0 Å². The fourth-order valence-corrected chi connectivity index (χ4v) is 2.99. The maximum atomic E-state index is 12.1. The van der Waals surface area contributed by atoms with E-state index in [1.165, 1.54) is 6.08 Å². The van der Waals surface area contributed by atoms with Gasteiger partial charge in [-0.15, -0.1) is 0 Å². The Labute approximate surface area is 187 Å². The molecule has 1 amide bonds. The number of nitrogens with zero attached hydrogens (tertiary/aromatic N) is 2. The van der Waals surface area contributed by atoms with Crippen LogP contribution in [-0.2, 0) is 17.9 Å². The summed E-state index contributed by atoms with van der Waals surface area (Å²) in [4.78, 5) is 21.2. The lowest BCUT2D eigenvalue weighted by Gasteiger charge is -2.13. The van der Waals surface area contributed by atoms with Gasteiger partial charge >= 0.3 is 0 Å². The van der Waals surface area contributed by atoms with E-state index in [2.05, 4.69) is 15.3 Å². The van der Waals surface area contributed by atoms with E-state index in [1.54, 1.807) is 37.5 Å². The number of nitrogens with one attached hydrogen (secondary N) is 1. The summed E-state index contributed by atoms with van der Waals surface area (Å²) < 4.78 is 11.4. The third-order valence-corrected chi connectivity index (χ3v) is 4.96. The number of aromatic hydroxyl groups is 1. The van der Waals surface area contributed by atoms with Crippen molar-refractivity contribution >= 4 is 12.0 Å². The van der Waals surface area contributed by atoms with E-state index < -0.39 is 0 Å². The Morgan fingerprint density at radius 2 is 1.72 bits per heavy atom. The highest BCUT2D eigenvalue weighted by Gasteiger charge is 2.10. The molecule has 0 saturated carbocycles. The van der Waals surface area contributed by atoms with Crippen LogP contribution in [0.25, 0.3) is 6.08 Å². The Bertz CT molecular complexity index is 1120. The van der Waals surface area contributed by atoms with Crippen molar-refractivity contribution in [1.82, 2.24) is 15.3 Å². The molecule has 1 aromatic heterocycles. The molecule has 3 aromatic rings. The van der Waals surface area contributed by atoms with Gasteiger partial charge in [0.05, 0.1) is 29.9 Å². The van der Waals surface area contributed by atoms with E-state index in [0.29, 0.717) is 18.0 Å². The van der Waals surface area contributed by atoms with E-state index in [0.717, 1.165) is 33.9 Å². The van der Waals surface area contributed by atoms with Crippen LogP contribution in [0.4, 0.5) is 0 Å². The lowest BCUT2D eigenvalue weighted by molar-refractivity contribution is -0.116. The summed E-state index contributed by atoms with van der Waals surface area (Å²) in [6, 6.07) is 12.1. The molecule has 166 valence electrons. The molecule has 3 rings (SSSR count). The number of amides is 1. The van der Waals surface area contributed by atoms with Crippen molar-refractivity contribution in [2.75, 3.05) is 7.11 Å². The van der Waals surface area contributed by atoms with Crippen molar-refractivity contribution in [3.8, 4) is 17.2 Å². The third-order valence-electron chi connectivity index (χ3n) is 4.96. The molecule has 7 heteroatoms. The molecule has 0 spiro atoms. The first kappa shape index (κ1) is 22.8. The average Bonchev–Trinajstić information content (AvgIpc) is 2.79. The summed E-state index contributed by atoms with van der Waals surface area (Å²) in [6.07, 6.45) is 3.14. The quantitative estimate of drug-likeness (QED) is 0.521. The zero-order valence-corrected chi connectivity index (χ0v) is 18.7. The van der Waals surface area contributed by atoms with E-state index in [4.69, 9.17) is 9.47 Å². The Morgan fingerprint density at radius 3 is 2.44 bits per heavy atom. The summed E-state index contributed by atoms with van der Waals surface area (Å²) >= 11 is 0. The Hall–Kier alpha value is -3.87. The highest BCUT2D eigenvalue weighted by molar-refractivity contribution is 5.91. The molecule has 0 radical (unpaired) electrons. The number of carbonyl (C=O) groups is 1. The van der Waals surface area contributed by atoms with Gasteiger partial charge in [-0.3, -0.25) is 14.8 Å². The molecule has 0 unspecified atom stereocenters. The fourth-order valence-electron chi connectivity index (χ4n) is 2.99. The number of ether oxygens (including phenoxy) is 2. The first-order chi connectivity index (χ1) is 15.4. The Balaban J connectivity index is 1.59. The van der Waals surface area contributed by atoms with Gasteiger partial charge in [0.25, 0.3) is 0 Å². The number of carbonyl (C=O) groups excluding carboxylic acids is 1. The molecule has 32 heavy (non-hydrogen) atoms. The summed E-state index contributed by atoms with van der Waals surface area (Å²) in [5.74, 6) is 1.13. The van der Waals surface area contributed by atoms with Gasteiger partial charge in [-0.1, -0.05) is 18.2 Å². The number of phenolic OH excluding ortho intramolecular Hbond substituents is 1. The van der Waals surface area contributed by atoms with Crippen LogP contribution in [0.3, 0.4) is 0 Å². The number of hydrogen-bond donors (Lipinski definition) is 2. The molecule has 2 N–H and O–H groups in total. The number of aromatic nitrogens is 2. The third kappa shape index (κ3) is 6.07. The number of methoxy groups -OCH3 is 1. The summed E-state index contributed by atoms with van der Waals surface area (Å²) in [5.41, 5.74) is 5.12. The molecule has 0 aliphatic heterocycles. The molecule has 0 bridgehead atoms. The first-order valence-electron chi connectivity index (χ1n) is 10.2. The van der Waals surface area contributed by atoms with Gasteiger partial charge in [0.15, 0.2) is 11.5 Å². The van der Waals surface area contributed by atoms with Crippen molar-refractivity contribution in [2.45, 2.75) is 33.9 Å². The van der Waals surface area contributed by atoms with Crippen molar-refractivity contribution in [1.29, 1.82) is 0 Å². The number of hydrogen-bond acceptors (Lipinski definition) is 6. The molecule has 7 nitrogen and oxygen atoms in total. The van der Waals surface area contributed by atoms with Gasteiger partial charge in [-0.05, 0) is 62.2 Å². The molecule has 0 fully saturated rings. The van der Waals surface area contributed by atoms with E-state index >= 15 is 0 Å². The zero-order chi connectivity index (χ0) is 23.1. The number of benzene rings is 2. The number of phenols is 1. The lowest BCUT2D eigenvalue weighted by atomic mass is 10.2. The summed E-state index contributed by atoms with van der Waals surface area (Å²) in [6.45, 7) is 6.40. The van der Waals surface area contributed by atoms with Crippen molar-refractivity contribution in [2.24, 2.45) is 0 Å². The standard InChI is InChI=1S/C25H27N3O4/c1-16-17(2)28-22(18(3)27-16)15-32-23-11-7-20(13-24(23)31-4)14-26-25(30)12-8-19-5-9-21(29)10-6-19/h5-13,29H,14-15H2,1-4H3,(H,26,30)/b12-8+. The van der Waals surface area contributed by atoms with E-state index in [-0.39, 0.29) is 18.3 Å². The summed E-state index contributed by atoms with van der Waals surface area (Å²) in [7, 11) is 1.58. The molecule has 0 saturated heterocycles. The van der Waals surface area contributed by atoms with Gasteiger partial charge in [-0.2, -0.15) is 0 Å². The van der Waals surface area contributed by atoms with Crippen LogP contribution >= 0.6 is 0 Å². The van der Waals surface area contributed by atoms with Crippen LogP contribution in [0.5, 0.6) is 17.2 Å². The predicted molar refractivity (Wildman–Crippen MR) is 123 cm³/mol. The minimum atomic E-state index is -0.221. The van der Waals surface area contributed by atoms with Gasteiger partial charge in [0.2, 0.25) is 5.91 Å². The maximum absolute atomic E-state index is 12.1. The molecule has 1 heterocycles. The second-order valence-corrected chi connectivity index (χ2v) is 7.34. The van der Waals surface area contributed by atoms with Crippen molar-refractivity contribution in [3.05, 3.63) is 82.4 Å². The largest absolute Gasteiger partial charge is 0.508 e. The molecule has 0 atom stereocenters. The van der Waals surface area contributed by atoms with Crippen LogP contribution in [0, 0.1) is 20.8 Å². The zero-order valence-electron chi connectivity index (χ0n) is 18.7. The van der Waals surface area contributed by atoms with Crippen LogP contribution < -0.4 is 14.8 Å². The molecular formula is C25H27N3O4. The van der Waals surface area contributed by atoms with E-state index in [9.17, 15) is 9.90 Å². The van der Waals surface area contributed by atoms with Gasteiger partial charge in [0.1, 0.15) is 12.4 Å². The minimum Gasteiger partial charge on any atom is -0.508 e. The lowest BCUT2D eigenvalue weighted by Crippen LogP contribution is -2.20. The number of rotatable bonds is 8. The van der Waals surface area contributed by atoms with Crippen molar-refractivity contribution in [3.63, 3.8) is 0 Å². The molecule has 2 aromatic carbocycles. The predicted octanol–water partition coefficient (Wildman–Crippen LogP) is 4.02. The maximum Gasteiger partial charge on any atom is 0.244 e. The SMILES string of the molecule is COc1cc(CNC(=O)/C=C/c2ccc(O)cc2)ccc1OCc1nc(C)c(C)nc1C. The normalized spacial score (nSPS) is 10.9. The molecule has 0 aliphatic carbocycles. The molecular weight excluding hydrogens is 406 g/mol. The Morgan fingerprint density at radius 1 is 1.00 bits per heavy atom. The fraction of sp³-hybridized carbons (Fsp3) is 0.240. The number of aryl methyl sites for hydroxylation is 3. The van der Waals surface area contributed by atoms with E-state index in [1.807, 2.05) is 39.0 Å². The highest BCUT2D eigenvalue weighted by Crippen LogP contribution is 2.29. The topological polar surface area (TPSA) is 93.6 Å². The monoisotopic (exact) mass is 433 g/mol. The first-order valence-corrected chi connectivity index (χ1v) is 10.2. The highest BCUT2D eigenvalue weighted by atomic mass is 16.5. The van der Waals surface area contributed by atoms with Crippen LogP contribution in [0.2, 0.25) is 0 Å². The van der Waals surface area contributed by atoms with Crippen LogP contribution in [0.1, 0.15) is 33.9 Å². The van der Waals surface area contributed by atoms with Crippen LogP contribution in [0.15, 0.2) is 48.5 Å². The molecule has 0 aliphatic rings. The Kier molecular flexibility index (Phi) is 7.44. The minimum absolute atomic E-state index is 0.185. The van der Waals surface area contributed by atoms with Gasteiger partial charge in [0, 0.05) is 12.6 Å². The average molecular weight is 434 g/mol.